The van der Waals surface area contributed by atoms with Crippen molar-refractivity contribution in [3.8, 4) is 0 Å². The number of carbonyl (C=O) groups excluding carboxylic acids is 1. The fourth-order valence-corrected chi connectivity index (χ4v) is 4.74. The number of nitrogens with two attached hydrogens (primary N) is 1. The van der Waals surface area contributed by atoms with Crippen molar-refractivity contribution in [1.82, 2.24) is 19.4 Å². The lowest BCUT2D eigenvalue weighted by Crippen LogP contribution is -2.41. The van der Waals surface area contributed by atoms with Gasteiger partial charge in [0, 0.05) is 24.2 Å². The molecule has 0 aromatic carbocycles. The molecule has 25 heavy (non-hydrogen) atoms. The van der Waals surface area contributed by atoms with Crippen LogP contribution in [0.5, 0.6) is 0 Å². The summed E-state index contributed by atoms with van der Waals surface area (Å²) in [4.78, 5) is 25.5. The Morgan fingerprint density at radius 3 is 3.08 bits per heavy atom. The van der Waals surface area contributed by atoms with Crippen LogP contribution in [0.2, 0.25) is 0 Å². The molecular formula is C18H25N5OS. The summed E-state index contributed by atoms with van der Waals surface area (Å²) in [5, 5.41) is 0.581. The van der Waals surface area contributed by atoms with E-state index in [4.69, 9.17) is 10.7 Å². The van der Waals surface area contributed by atoms with E-state index < -0.39 is 0 Å². The van der Waals surface area contributed by atoms with E-state index in [0.29, 0.717) is 17.6 Å². The van der Waals surface area contributed by atoms with E-state index in [1.807, 2.05) is 4.90 Å². The Hall–Kier alpha value is -1.89. The smallest absolute Gasteiger partial charge is 0.232 e. The SMILES string of the molecule is CCC(C)c1cn2c(n1)CN(C(=O)C1CCCc3sc(N)nc31)CC2. The summed E-state index contributed by atoms with van der Waals surface area (Å²) in [6, 6.07) is 0. The van der Waals surface area contributed by atoms with Crippen LogP contribution in [0.15, 0.2) is 6.20 Å². The van der Waals surface area contributed by atoms with Crippen molar-refractivity contribution in [1.29, 1.82) is 0 Å². The van der Waals surface area contributed by atoms with Gasteiger partial charge in [-0.1, -0.05) is 13.8 Å². The van der Waals surface area contributed by atoms with Gasteiger partial charge in [0.15, 0.2) is 5.13 Å². The molecule has 2 atom stereocenters. The molecule has 1 aliphatic carbocycles. The van der Waals surface area contributed by atoms with Crippen LogP contribution in [0.3, 0.4) is 0 Å². The Morgan fingerprint density at radius 1 is 1.44 bits per heavy atom. The van der Waals surface area contributed by atoms with Gasteiger partial charge in [-0.15, -0.1) is 11.3 Å². The molecule has 1 aliphatic heterocycles. The van der Waals surface area contributed by atoms with Gasteiger partial charge in [-0.05, 0) is 31.6 Å². The van der Waals surface area contributed by atoms with Gasteiger partial charge in [-0.3, -0.25) is 4.79 Å². The average Bonchev–Trinajstić information content (AvgIpc) is 3.21. The highest BCUT2D eigenvalue weighted by atomic mass is 32.1. The van der Waals surface area contributed by atoms with Gasteiger partial charge in [0.1, 0.15) is 5.82 Å². The first-order valence-electron chi connectivity index (χ1n) is 9.16. The highest BCUT2D eigenvalue weighted by Crippen LogP contribution is 2.37. The number of fused-ring (bicyclic) bond motifs is 2. The van der Waals surface area contributed by atoms with Crippen LogP contribution in [-0.4, -0.2) is 31.9 Å². The Labute approximate surface area is 152 Å². The van der Waals surface area contributed by atoms with Crippen molar-refractivity contribution in [3.63, 3.8) is 0 Å². The third-order valence-electron chi connectivity index (χ3n) is 5.52. The Morgan fingerprint density at radius 2 is 2.28 bits per heavy atom. The zero-order valence-corrected chi connectivity index (χ0v) is 15.7. The molecule has 7 heteroatoms. The number of nitrogens with zero attached hydrogens (tertiary/aromatic N) is 4. The summed E-state index contributed by atoms with van der Waals surface area (Å²) in [6.45, 7) is 6.55. The molecule has 2 N–H and O–H groups in total. The maximum atomic E-state index is 13.1. The van der Waals surface area contributed by atoms with Gasteiger partial charge in [0.25, 0.3) is 0 Å². The van der Waals surface area contributed by atoms with Crippen molar-refractivity contribution in [2.45, 2.75) is 64.5 Å². The van der Waals surface area contributed by atoms with Gasteiger partial charge in [0.2, 0.25) is 5.91 Å². The van der Waals surface area contributed by atoms with E-state index >= 15 is 0 Å². The number of nitrogen functional groups attached to an aromatic ring is 1. The maximum absolute atomic E-state index is 13.1. The molecule has 1 amide bonds. The molecule has 0 saturated carbocycles. The summed E-state index contributed by atoms with van der Waals surface area (Å²) in [5.74, 6) is 1.52. The number of aromatic nitrogens is 3. The second-order valence-electron chi connectivity index (χ2n) is 7.15. The number of hydrogen-bond donors (Lipinski definition) is 1. The van der Waals surface area contributed by atoms with Crippen LogP contribution in [0.25, 0.3) is 0 Å². The molecule has 2 aliphatic rings. The van der Waals surface area contributed by atoms with Gasteiger partial charge < -0.3 is 15.2 Å². The lowest BCUT2D eigenvalue weighted by Gasteiger charge is -2.31. The van der Waals surface area contributed by atoms with Gasteiger partial charge >= 0.3 is 0 Å². The first kappa shape index (κ1) is 16.6. The highest BCUT2D eigenvalue weighted by Gasteiger charge is 2.34. The van der Waals surface area contributed by atoms with Gasteiger partial charge in [-0.25, -0.2) is 9.97 Å². The molecule has 0 spiro atoms. The minimum absolute atomic E-state index is 0.132. The highest BCUT2D eigenvalue weighted by molar-refractivity contribution is 7.15. The fraction of sp³-hybridized carbons (Fsp3) is 0.611. The molecule has 2 aromatic rings. The fourth-order valence-electron chi connectivity index (χ4n) is 3.81. The summed E-state index contributed by atoms with van der Waals surface area (Å²) >= 11 is 1.54. The summed E-state index contributed by atoms with van der Waals surface area (Å²) < 4.78 is 2.21. The van der Waals surface area contributed by atoms with E-state index in [9.17, 15) is 4.79 Å². The third kappa shape index (κ3) is 2.94. The lowest BCUT2D eigenvalue weighted by molar-refractivity contribution is -0.134. The summed E-state index contributed by atoms with van der Waals surface area (Å²) in [7, 11) is 0. The van der Waals surface area contributed by atoms with E-state index in [1.165, 1.54) is 16.2 Å². The molecule has 4 rings (SSSR count). The van der Waals surface area contributed by atoms with Crippen molar-refractivity contribution in [3.05, 3.63) is 28.3 Å². The van der Waals surface area contributed by atoms with Crippen molar-refractivity contribution >= 4 is 22.4 Å². The summed E-state index contributed by atoms with van der Waals surface area (Å²) in [6.07, 6.45) is 6.14. The first-order valence-corrected chi connectivity index (χ1v) is 9.98. The second-order valence-corrected chi connectivity index (χ2v) is 8.27. The quantitative estimate of drug-likeness (QED) is 0.914. The minimum Gasteiger partial charge on any atom is -0.375 e. The molecule has 0 radical (unpaired) electrons. The standard InChI is InChI=1S/C18H25N5OS/c1-3-11(2)13-9-22-7-8-23(10-15(22)20-13)17(24)12-5-4-6-14-16(12)21-18(19)25-14/h9,11-12H,3-8,10H2,1-2H3,(H2,19,21). The number of aryl methyl sites for hydroxylation is 1. The Kier molecular flexibility index (Phi) is 4.27. The van der Waals surface area contributed by atoms with E-state index in [1.54, 1.807) is 0 Å². The van der Waals surface area contributed by atoms with E-state index in [-0.39, 0.29) is 11.8 Å². The monoisotopic (exact) mass is 359 g/mol. The molecular weight excluding hydrogens is 334 g/mol. The molecule has 2 unspecified atom stereocenters. The predicted molar refractivity (Wildman–Crippen MR) is 98.6 cm³/mol. The zero-order valence-electron chi connectivity index (χ0n) is 14.9. The zero-order chi connectivity index (χ0) is 17.6. The largest absolute Gasteiger partial charge is 0.375 e. The van der Waals surface area contributed by atoms with Crippen LogP contribution in [0.4, 0.5) is 5.13 Å². The van der Waals surface area contributed by atoms with E-state index in [0.717, 1.165) is 56.0 Å². The number of carbonyl (C=O) groups is 1. The number of amides is 1. The van der Waals surface area contributed by atoms with Crippen LogP contribution >= 0.6 is 11.3 Å². The minimum atomic E-state index is -0.132. The number of thiazole rings is 1. The average molecular weight is 359 g/mol. The van der Waals surface area contributed by atoms with Gasteiger partial charge in [0.05, 0.1) is 23.9 Å². The predicted octanol–water partition coefficient (Wildman–Crippen LogP) is 2.90. The maximum Gasteiger partial charge on any atom is 0.232 e. The normalized spacial score (nSPS) is 20.9. The van der Waals surface area contributed by atoms with Crippen LogP contribution in [0, 0.1) is 0 Å². The van der Waals surface area contributed by atoms with Crippen molar-refractivity contribution < 1.29 is 4.79 Å². The Balaban J connectivity index is 1.54. The van der Waals surface area contributed by atoms with Crippen molar-refractivity contribution in [2.75, 3.05) is 12.3 Å². The molecule has 2 aromatic heterocycles. The van der Waals surface area contributed by atoms with Crippen LogP contribution < -0.4 is 5.73 Å². The molecule has 134 valence electrons. The molecule has 0 saturated heterocycles. The summed E-state index contributed by atoms with van der Waals surface area (Å²) in [5.41, 5.74) is 7.94. The molecule has 0 bridgehead atoms. The van der Waals surface area contributed by atoms with Crippen LogP contribution in [-0.2, 0) is 24.3 Å². The number of imidazole rings is 1. The second kappa shape index (κ2) is 6.44. The van der Waals surface area contributed by atoms with Gasteiger partial charge in [-0.2, -0.15) is 0 Å². The number of rotatable bonds is 3. The topological polar surface area (TPSA) is 77.0 Å². The Bertz CT molecular complexity index is 795. The molecule has 6 nitrogen and oxygen atoms in total. The first-order chi connectivity index (χ1) is 12.1. The number of hydrogen-bond acceptors (Lipinski definition) is 5. The van der Waals surface area contributed by atoms with E-state index in [2.05, 4.69) is 29.6 Å². The lowest BCUT2D eigenvalue weighted by atomic mass is 9.89. The molecule has 3 heterocycles. The number of anilines is 1. The third-order valence-corrected chi connectivity index (χ3v) is 6.48. The van der Waals surface area contributed by atoms with Crippen molar-refractivity contribution in [2.24, 2.45) is 0 Å². The molecule has 0 fully saturated rings. The van der Waals surface area contributed by atoms with Crippen LogP contribution in [0.1, 0.15) is 67.0 Å².